The van der Waals surface area contributed by atoms with Gasteiger partial charge in [-0.3, -0.25) is 0 Å². The van der Waals surface area contributed by atoms with Crippen LogP contribution >= 0.6 is 0 Å². The first-order chi connectivity index (χ1) is 32.8. The predicted molar refractivity (Wildman–Crippen MR) is 281 cm³/mol. The average molecular weight is 843 g/mol. The summed E-state index contributed by atoms with van der Waals surface area (Å²) < 4.78 is 0. The van der Waals surface area contributed by atoms with Gasteiger partial charge in [-0.2, -0.15) is 0 Å². The van der Waals surface area contributed by atoms with Gasteiger partial charge < -0.3 is 0 Å². The summed E-state index contributed by atoms with van der Waals surface area (Å²) in [6, 6.07) is 87.0. The van der Waals surface area contributed by atoms with Gasteiger partial charge in [-0.25, -0.2) is 9.97 Å². The molecule has 12 rings (SSSR count). The van der Waals surface area contributed by atoms with Crippen molar-refractivity contribution >= 4 is 43.1 Å². The Hall–Kier alpha value is -8.46. The van der Waals surface area contributed by atoms with Gasteiger partial charge in [0.15, 0.2) is 5.82 Å². The second-order valence-corrected chi connectivity index (χ2v) is 16.4. The van der Waals surface area contributed by atoms with E-state index in [4.69, 9.17) is 9.97 Å². The van der Waals surface area contributed by atoms with Gasteiger partial charge in [0.2, 0.25) is 0 Å². The number of rotatable bonds is 7. The lowest BCUT2D eigenvalue weighted by Crippen LogP contribution is -1.96. The van der Waals surface area contributed by atoms with Crippen LogP contribution in [0.4, 0.5) is 0 Å². The molecule has 312 valence electrons. The first-order valence-electron chi connectivity index (χ1n) is 22.9. The molecule has 0 unspecified atom stereocenters. The third kappa shape index (κ3) is 7.19. The lowest BCUT2D eigenvalue weighted by molar-refractivity contribution is 1.18. The van der Waals surface area contributed by atoms with Crippen LogP contribution in [-0.4, -0.2) is 9.97 Å². The average Bonchev–Trinajstić information content (AvgIpc) is 3.40. The maximum absolute atomic E-state index is 5.20. The topological polar surface area (TPSA) is 25.8 Å². The summed E-state index contributed by atoms with van der Waals surface area (Å²) in [4.78, 5) is 10.4. The van der Waals surface area contributed by atoms with Crippen LogP contribution in [0.15, 0.2) is 243 Å². The molecule has 0 spiro atoms. The third-order valence-corrected chi connectivity index (χ3v) is 12.7. The van der Waals surface area contributed by atoms with Crippen LogP contribution in [0.1, 0.15) is 13.8 Å². The Morgan fingerprint density at radius 1 is 0.212 bits per heavy atom. The molecular weight excluding hydrogens is 797 g/mol. The van der Waals surface area contributed by atoms with Gasteiger partial charge in [0, 0.05) is 16.7 Å². The van der Waals surface area contributed by atoms with Crippen LogP contribution in [0.25, 0.3) is 122 Å². The van der Waals surface area contributed by atoms with Crippen molar-refractivity contribution < 1.29 is 0 Å². The molecule has 0 radical (unpaired) electrons. The molecule has 0 amide bonds. The Kier molecular flexibility index (Phi) is 10.8. The highest BCUT2D eigenvalue weighted by Crippen LogP contribution is 2.46. The Balaban J connectivity index is 0.00000238. The van der Waals surface area contributed by atoms with Crippen molar-refractivity contribution in [2.75, 3.05) is 0 Å². The molecule has 0 saturated carbocycles. The highest BCUT2D eigenvalue weighted by atomic mass is 14.9. The lowest BCUT2D eigenvalue weighted by atomic mass is 9.86. The maximum Gasteiger partial charge on any atom is 0.160 e. The van der Waals surface area contributed by atoms with E-state index in [0.717, 1.165) is 28.1 Å². The summed E-state index contributed by atoms with van der Waals surface area (Å²) in [5.41, 5.74) is 14.6. The Bertz CT molecular complexity index is 3330. The second kappa shape index (κ2) is 17.6. The molecule has 0 aliphatic carbocycles. The normalized spacial score (nSPS) is 11.2. The molecule has 0 aliphatic heterocycles. The Labute approximate surface area is 386 Å². The molecule has 0 saturated heterocycles. The first-order valence-corrected chi connectivity index (χ1v) is 22.9. The van der Waals surface area contributed by atoms with Gasteiger partial charge in [-0.1, -0.05) is 250 Å². The number of aromatic nitrogens is 2. The van der Waals surface area contributed by atoms with E-state index in [9.17, 15) is 0 Å². The van der Waals surface area contributed by atoms with Crippen LogP contribution in [-0.2, 0) is 0 Å². The van der Waals surface area contributed by atoms with Gasteiger partial charge in [-0.05, 0) is 93.7 Å². The summed E-state index contributed by atoms with van der Waals surface area (Å²) in [5.74, 6) is 0.697. The summed E-state index contributed by atoms with van der Waals surface area (Å²) in [7, 11) is 0. The standard InChI is InChI=1S/C62H40N2.C2H6/c1-4-18-43(19-5-1)58-48-24-10-14-28-52(48)60(53-29-15-11-25-49(53)58)45-36-32-41(33-37-45)56-40-57(64-62(63-56)47-22-8-3-9-23-47)42-34-38-46(39-35-42)61-54-30-16-12-26-50(54)59(44-20-6-2-7-21-44)51-27-13-17-31-55(51)61;1-2/h1-40H;1-2H3. The highest BCUT2D eigenvalue weighted by molar-refractivity contribution is 6.22. The summed E-state index contributed by atoms with van der Waals surface area (Å²) in [6.07, 6.45) is 0. The van der Waals surface area contributed by atoms with Crippen molar-refractivity contribution in [1.29, 1.82) is 0 Å². The molecule has 0 N–H and O–H groups in total. The van der Waals surface area contributed by atoms with Gasteiger partial charge in [0.1, 0.15) is 0 Å². The number of nitrogens with zero attached hydrogens (tertiary/aromatic N) is 2. The summed E-state index contributed by atoms with van der Waals surface area (Å²) in [5, 5.41) is 9.93. The van der Waals surface area contributed by atoms with E-state index in [0.29, 0.717) is 5.82 Å². The Morgan fingerprint density at radius 2 is 0.424 bits per heavy atom. The quantitative estimate of drug-likeness (QED) is 0.149. The van der Waals surface area contributed by atoms with Crippen LogP contribution in [0.2, 0.25) is 0 Å². The van der Waals surface area contributed by atoms with Gasteiger partial charge in [0.25, 0.3) is 0 Å². The molecule has 2 heteroatoms. The third-order valence-electron chi connectivity index (χ3n) is 12.7. The van der Waals surface area contributed by atoms with Crippen molar-refractivity contribution in [3.05, 3.63) is 243 Å². The first kappa shape index (κ1) is 40.3. The minimum absolute atomic E-state index is 0.697. The number of hydrogen-bond acceptors (Lipinski definition) is 2. The van der Waals surface area contributed by atoms with Crippen molar-refractivity contribution in [2.24, 2.45) is 0 Å². The molecule has 0 atom stereocenters. The number of hydrogen-bond donors (Lipinski definition) is 0. The van der Waals surface area contributed by atoms with Crippen LogP contribution in [0, 0.1) is 0 Å². The molecule has 0 bridgehead atoms. The van der Waals surface area contributed by atoms with E-state index in [2.05, 4.69) is 224 Å². The monoisotopic (exact) mass is 842 g/mol. The SMILES string of the molecule is CC.c1ccc(-c2nc(-c3ccc(-c4c5ccccc5c(-c5ccccc5)c5ccccc45)cc3)cc(-c3ccc(-c4c5ccccc5c(-c5ccccc5)c5ccccc45)cc3)n2)cc1. The lowest BCUT2D eigenvalue weighted by Gasteiger charge is -2.18. The molecule has 0 fully saturated rings. The van der Waals surface area contributed by atoms with Crippen molar-refractivity contribution in [3.63, 3.8) is 0 Å². The van der Waals surface area contributed by atoms with E-state index in [1.54, 1.807) is 0 Å². The van der Waals surface area contributed by atoms with E-state index >= 15 is 0 Å². The van der Waals surface area contributed by atoms with E-state index < -0.39 is 0 Å². The van der Waals surface area contributed by atoms with Crippen LogP contribution < -0.4 is 0 Å². The van der Waals surface area contributed by atoms with Gasteiger partial charge in [0.05, 0.1) is 11.4 Å². The molecule has 11 aromatic carbocycles. The van der Waals surface area contributed by atoms with Crippen molar-refractivity contribution in [2.45, 2.75) is 13.8 Å². The number of benzene rings is 11. The summed E-state index contributed by atoms with van der Waals surface area (Å²) in [6.45, 7) is 4.00. The van der Waals surface area contributed by atoms with E-state index in [1.807, 2.05) is 32.0 Å². The molecule has 2 nitrogen and oxygen atoms in total. The van der Waals surface area contributed by atoms with E-state index in [1.165, 1.54) is 87.6 Å². The molecule has 1 heterocycles. The zero-order chi connectivity index (χ0) is 44.4. The fraction of sp³-hybridized carbons (Fsp3) is 0.0312. The number of fused-ring (bicyclic) bond motifs is 4. The van der Waals surface area contributed by atoms with Crippen LogP contribution in [0.3, 0.4) is 0 Å². The van der Waals surface area contributed by atoms with Gasteiger partial charge >= 0.3 is 0 Å². The summed E-state index contributed by atoms with van der Waals surface area (Å²) >= 11 is 0. The Morgan fingerprint density at radius 3 is 0.697 bits per heavy atom. The highest BCUT2D eigenvalue weighted by Gasteiger charge is 2.19. The molecule has 1 aromatic heterocycles. The minimum Gasteiger partial charge on any atom is -0.228 e. The molecule has 12 aromatic rings. The van der Waals surface area contributed by atoms with Crippen molar-refractivity contribution in [3.8, 4) is 78.4 Å². The molecule has 0 aliphatic rings. The maximum atomic E-state index is 5.20. The fourth-order valence-electron chi connectivity index (χ4n) is 9.79. The minimum atomic E-state index is 0.697. The van der Waals surface area contributed by atoms with Crippen molar-refractivity contribution in [1.82, 2.24) is 9.97 Å². The fourth-order valence-corrected chi connectivity index (χ4v) is 9.79. The largest absolute Gasteiger partial charge is 0.228 e. The zero-order valence-electron chi connectivity index (χ0n) is 37.0. The smallest absolute Gasteiger partial charge is 0.160 e. The molecular formula is C64H46N2. The second-order valence-electron chi connectivity index (χ2n) is 16.4. The van der Waals surface area contributed by atoms with E-state index in [-0.39, 0.29) is 0 Å². The predicted octanol–water partition coefficient (Wildman–Crippen LogP) is 17.8. The van der Waals surface area contributed by atoms with Crippen LogP contribution in [0.5, 0.6) is 0 Å². The molecule has 66 heavy (non-hydrogen) atoms. The zero-order valence-corrected chi connectivity index (χ0v) is 37.0. The van der Waals surface area contributed by atoms with Gasteiger partial charge in [-0.15, -0.1) is 0 Å².